The molecule has 2 rings (SSSR count). The van der Waals surface area contributed by atoms with E-state index in [1.165, 1.54) is 6.92 Å². The zero-order valence-electron chi connectivity index (χ0n) is 11.0. The third-order valence-electron chi connectivity index (χ3n) is 2.47. The third kappa shape index (κ3) is 3.90. The van der Waals surface area contributed by atoms with Gasteiger partial charge in [-0.1, -0.05) is 0 Å². The van der Waals surface area contributed by atoms with E-state index in [9.17, 15) is 19.2 Å². The van der Waals surface area contributed by atoms with Crippen molar-refractivity contribution in [3.63, 3.8) is 0 Å². The largest absolute Gasteiger partial charge is 0.326 e. The van der Waals surface area contributed by atoms with E-state index in [4.69, 9.17) is 0 Å². The molecule has 0 aliphatic carbocycles. The lowest BCUT2D eigenvalue weighted by Crippen LogP contribution is -2.27. The number of amides is 2. The van der Waals surface area contributed by atoms with E-state index in [2.05, 4.69) is 15.6 Å². The number of hydrogen-bond donors (Lipinski definition) is 4. The van der Waals surface area contributed by atoms with Gasteiger partial charge in [-0.05, 0) is 24.3 Å². The zero-order valence-corrected chi connectivity index (χ0v) is 11.0. The van der Waals surface area contributed by atoms with Crippen LogP contribution in [0, 0.1) is 0 Å². The van der Waals surface area contributed by atoms with Gasteiger partial charge in [0.2, 0.25) is 5.91 Å². The minimum Gasteiger partial charge on any atom is -0.326 e. The highest BCUT2D eigenvalue weighted by Gasteiger charge is 2.08. The summed E-state index contributed by atoms with van der Waals surface area (Å²) in [6.07, 6.45) is 0. The van der Waals surface area contributed by atoms with Crippen LogP contribution in [0.4, 0.5) is 11.4 Å². The number of nitrogens with one attached hydrogen (secondary N) is 4. The van der Waals surface area contributed by atoms with Crippen LogP contribution in [0.1, 0.15) is 17.4 Å². The number of aromatic amines is 2. The molecule has 1 aromatic heterocycles. The molecule has 0 aliphatic heterocycles. The van der Waals surface area contributed by atoms with Crippen molar-refractivity contribution in [3.8, 4) is 0 Å². The highest BCUT2D eigenvalue weighted by atomic mass is 16.2. The van der Waals surface area contributed by atoms with Gasteiger partial charge in [0.05, 0.1) is 0 Å². The van der Waals surface area contributed by atoms with Gasteiger partial charge in [0.15, 0.2) is 0 Å². The molecule has 0 saturated carbocycles. The zero-order chi connectivity index (χ0) is 15.4. The third-order valence-corrected chi connectivity index (χ3v) is 2.47. The predicted octanol–water partition coefficient (Wildman–Crippen LogP) is 0.274. The number of aromatic nitrogens is 2. The predicted molar refractivity (Wildman–Crippen MR) is 76.4 cm³/mol. The molecule has 0 spiro atoms. The number of benzene rings is 1. The minimum absolute atomic E-state index is 0.144. The normalized spacial score (nSPS) is 9.95. The van der Waals surface area contributed by atoms with Crippen molar-refractivity contribution in [1.29, 1.82) is 0 Å². The number of H-pyrrole nitrogens is 2. The molecule has 0 fully saturated rings. The summed E-state index contributed by atoms with van der Waals surface area (Å²) in [5, 5.41) is 5.11. The molecule has 2 amide bonds. The van der Waals surface area contributed by atoms with Crippen LogP contribution >= 0.6 is 0 Å². The van der Waals surface area contributed by atoms with Crippen LogP contribution < -0.4 is 21.9 Å². The average molecular weight is 288 g/mol. The lowest BCUT2D eigenvalue weighted by molar-refractivity contribution is -0.114. The number of carbonyl (C=O) groups is 2. The summed E-state index contributed by atoms with van der Waals surface area (Å²) in [5.74, 6) is -0.821. The molecule has 0 radical (unpaired) electrons. The molecule has 0 unspecified atom stereocenters. The Kier molecular flexibility index (Phi) is 3.98. The molecule has 0 saturated heterocycles. The van der Waals surface area contributed by atoms with Crippen molar-refractivity contribution >= 4 is 23.2 Å². The highest BCUT2D eigenvalue weighted by molar-refractivity contribution is 6.02. The number of hydrogen-bond acceptors (Lipinski definition) is 4. The topological polar surface area (TPSA) is 124 Å². The Morgan fingerprint density at radius 3 is 2.05 bits per heavy atom. The Bertz CT molecular complexity index is 761. The van der Waals surface area contributed by atoms with Crippen molar-refractivity contribution in [2.75, 3.05) is 10.6 Å². The van der Waals surface area contributed by atoms with Crippen LogP contribution in [0.3, 0.4) is 0 Å². The van der Waals surface area contributed by atoms with E-state index in [0.29, 0.717) is 11.4 Å². The Morgan fingerprint density at radius 1 is 0.952 bits per heavy atom. The molecule has 8 heteroatoms. The number of anilines is 2. The Labute approximate surface area is 118 Å². The Balaban J connectivity index is 2.14. The summed E-state index contributed by atoms with van der Waals surface area (Å²) in [4.78, 5) is 49.2. The second kappa shape index (κ2) is 5.87. The van der Waals surface area contributed by atoms with Crippen LogP contribution in [0.15, 0.2) is 39.9 Å². The van der Waals surface area contributed by atoms with Gasteiger partial charge in [0, 0.05) is 24.4 Å². The first-order chi connectivity index (χ1) is 9.94. The van der Waals surface area contributed by atoms with Crippen LogP contribution in [-0.2, 0) is 4.79 Å². The van der Waals surface area contributed by atoms with E-state index in [1.807, 2.05) is 4.98 Å². The van der Waals surface area contributed by atoms with Crippen molar-refractivity contribution in [3.05, 3.63) is 56.9 Å². The molecule has 108 valence electrons. The summed E-state index contributed by atoms with van der Waals surface area (Å²) in [6.45, 7) is 1.39. The van der Waals surface area contributed by atoms with E-state index >= 15 is 0 Å². The van der Waals surface area contributed by atoms with E-state index < -0.39 is 17.2 Å². The Morgan fingerprint density at radius 2 is 1.52 bits per heavy atom. The van der Waals surface area contributed by atoms with Crippen LogP contribution in [0.25, 0.3) is 0 Å². The molecule has 2 aromatic rings. The summed E-state index contributed by atoms with van der Waals surface area (Å²) < 4.78 is 0. The molecule has 0 bridgehead atoms. The minimum atomic E-state index is -0.756. The smallest absolute Gasteiger partial charge is 0.326 e. The standard InChI is InChI=1S/C13H12N4O4/c1-7(18)14-8-2-4-9(5-3-8)15-12(20)10-6-11(19)17-13(21)16-10/h2-6H,1H3,(H,14,18)(H,15,20)(H2,16,17,19,21). The van der Waals surface area contributed by atoms with Crippen molar-refractivity contribution in [1.82, 2.24) is 9.97 Å². The maximum absolute atomic E-state index is 11.9. The SMILES string of the molecule is CC(=O)Nc1ccc(NC(=O)c2cc(=O)[nH]c(=O)[nH]2)cc1. The average Bonchev–Trinajstić information content (AvgIpc) is 2.39. The van der Waals surface area contributed by atoms with Crippen LogP contribution in [0.5, 0.6) is 0 Å². The summed E-state index contributed by atoms with van der Waals surface area (Å²) >= 11 is 0. The van der Waals surface area contributed by atoms with Gasteiger partial charge in [0.25, 0.3) is 11.5 Å². The maximum atomic E-state index is 11.9. The summed E-state index contributed by atoms with van der Waals surface area (Å²) in [6, 6.07) is 7.36. The van der Waals surface area contributed by atoms with Crippen molar-refractivity contribution < 1.29 is 9.59 Å². The molecule has 0 atom stereocenters. The first kappa shape index (κ1) is 14.3. The maximum Gasteiger partial charge on any atom is 0.326 e. The monoisotopic (exact) mass is 288 g/mol. The fraction of sp³-hybridized carbons (Fsp3) is 0.0769. The first-order valence-corrected chi connectivity index (χ1v) is 5.97. The van der Waals surface area contributed by atoms with Gasteiger partial charge < -0.3 is 15.6 Å². The second-order valence-electron chi connectivity index (χ2n) is 4.21. The van der Waals surface area contributed by atoms with E-state index in [-0.39, 0.29) is 11.6 Å². The van der Waals surface area contributed by atoms with Gasteiger partial charge in [0.1, 0.15) is 5.69 Å². The van der Waals surface area contributed by atoms with E-state index in [1.54, 1.807) is 24.3 Å². The lowest BCUT2D eigenvalue weighted by Gasteiger charge is -2.06. The molecule has 0 aliphatic rings. The van der Waals surface area contributed by atoms with Gasteiger partial charge in [-0.25, -0.2) is 4.79 Å². The number of carbonyl (C=O) groups excluding carboxylic acids is 2. The lowest BCUT2D eigenvalue weighted by atomic mass is 10.2. The fourth-order valence-corrected chi connectivity index (χ4v) is 1.63. The highest BCUT2D eigenvalue weighted by Crippen LogP contribution is 2.13. The van der Waals surface area contributed by atoms with Gasteiger partial charge in [-0.2, -0.15) is 0 Å². The van der Waals surface area contributed by atoms with Crippen molar-refractivity contribution in [2.45, 2.75) is 6.92 Å². The van der Waals surface area contributed by atoms with Crippen molar-refractivity contribution in [2.24, 2.45) is 0 Å². The second-order valence-corrected chi connectivity index (χ2v) is 4.21. The molecule has 8 nitrogen and oxygen atoms in total. The summed E-state index contributed by atoms with van der Waals surface area (Å²) in [5.41, 5.74) is -0.520. The molecular formula is C13H12N4O4. The van der Waals surface area contributed by atoms with Gasteiger partial charge >= 0.3 is 5.69 Å². The number of rotatable bonds is 3. The van der Waals surface area contributed by atoms with Crippen LogP contribution in [-0.4, -0.2) is 21.8 Å². The molecule has 1 aromatic carbocycles. The van der Waals surface area contributed by atoms with Gasteiger partial charge in [-0.15, -0.1) is 0 Å². The van der Waals surface area contributed by atoms with E-state index in [0.717, 1.165) is 6.07 Å². The summed E-state index contributed by atoms with van der Waals surface area (Å²) in [7, 11) is 0. The van der Waals surface area contributed by atoms with Gasteiger partial charge in [-0.3, -0.25) is 19.4 Å². The van der Waals surface area contributed by atoms with Crippen LogP contribution in [0.2, 0.25) is 0 Å². The molecule has 1 heterocycles. The molecular weight excluding hydrogens is 276 g/mol. The quantitative estimate of drug-likeness (QED) is 0.647. The molecule has 21 heavy (non-hydrogen) atoms. The first-order valence-electron chi connectivity index (χ1n) is 5.97. The fourth-order valence-electron chi connectivity index (χ4n) is 1.63. The molecule has 4 N–H and O–H groups in total. The Hall–Kier alpha value is -3.16.